The standard InChI is InChI=1S/C25H20N4O/c1-18-8-7-13-24(29-27-20-14-16-21(30)17-15-20)25(18)22-11-5-6-12-23(22)28-26-19-9-3-2-4-10-19/h2-17,30H,1H3. The molecule has 0 unspecified atom stereocenters. The Morgan fingerprint density at radius 2 is 1.13 bits per heavy atom. The normalized spacial score (nSPS) is 11.4. The first kappa shape index (κ1) is 19.2. The van der Waals surface area contributed by atoms with Gasteiger partial charge in [-0.25, -0.2) is 0 Å². The summed E-state index contributed by atoms with van der Waals surface area (Å²) in [5, 5.41) is 27.1. The van der Waals surface area contributed by atoms with Gasteiger partial charge in [-0.2, -0.15) is 10.2 Å². The Morgan fingerprint density at radius 1 is 0.533 bits per heavy atom. The second-order valence-corrected chi connectivity index (χ2v) is 6.74. The second kappa shape index (κ2) is 8.92. The van der Waals surface area contributed by atoms with E-state index in [1.54, 1.807) is 24.3 Å². The van der Waals surface area contributed by atoms with Crippen molar-refractivity contribution in [1.29, 1.82) is 0 Å². The summed E-state index contributed by atoms with van der Waals surface area (Å²) in [5.74, 6) is 0.197. The largest absolute Gasteiger partial charge is 0.508 e. The Morgan fingerprint density at radius 3 is 1.90 bits per heavy atom. The molecule has 0 aliphatic carbocycles. The van der Waals surface area contributed by atoms with Crippen LogP contribution in [-0.2, 0) is 0 Å². The van der Waals surface area contributed by atoms with Gasteiger partial charge in [0.25, 0.3) is 0 Å². The van der Waals surface area contributed by atoms with E-state index in [4.69, 9.17) is 0 Å². The average molecular weight is 392 g/mol. The number of hydrogen-bond acceptors (Lipinski definition) is 5. The predicted octanol–water partition coefficient (Wildman–Crippen LogP) is 8.20. The van der Waals surface area contributed by atoms with E-state index in [2.05, 4.69) is 20.5 Å². The molecule has 0 heterocycles. The van der Waals surface area contributed by atoms with Gasteiger partial charge in [0, 0.05) is 11.1 Å². The minimum atomic E-state index is 0.197. The summed E-state index contributed by atoms with van der Waals surface area (Å²) in [6.45, 7) is 2.04. The van der Waals surface area contributed by atoms with E-state index in [0.29, 0.717) is 5.69 Å². The van der Waals surface area contributed by atoms with Crippen molar-refractivity contribution in [2.24, 2.45) is 20.5 Å². The Labute approximate surface area is 175 Å². The summed E-state index contributed by atoms with van der Waals surface area (Å²) >= 11 is 0. The van der Waals surface area contributed by atoms with Gasteiger partial charge in [-0.3, -0.25) is 0 Å². The molecule has 0 fully saturated rings. The molecule has 0 amide bonds. The van der Waals surface area contributed by atoms with Gasteiger partial charge in [-0.1, -0.05) is 48.5 Å². The van der Waals surface area contributed by atoms with Crippen LogP contribution in [0.15, 0.2) is 118 Å². The van der Waals surface area contributed by atoms with Crippen molar-refractivity contribution in [2.75, 3.05) is 0 Å². The fraction of sp³-hybridized carbons (Fsp3) is 0.0400. The summed E-state index contributed by atoms with van der Waals surface area (Å²) in [5.41, 5.74) is 5.93. The third-order valence-electron chi connectivity index (χ3n) is 4.58. The number of phenols is 1. The summed E-state index contributed by atoms with van der Waals surface area (Å²) in [4.78, 5) is 0. The minimum Gasteiger partial charge on any atom is -0.508 e. The first-order valence-corrected chi connectivity index (χ1v) is 9.57. The molecule has 146 valence electrons. The van der Waals surface area contributed by atoms with Crippen LogP contribution in [0.4, 0.5) is 22.7 Å². The van der Waals surface area contributed by atoms with Crippen molar-refractivity contribution < 1.29 is 5.11 Å². The molecule has 0 aliphatic heterocycles. The topological polar surface area (TPSA) is 69.7 Å². The van der Waals surface area contributed by atoms with E-state index in [1.165, 1.54) is 0 Å². The highest BCUT2D eigenvalue weighted by atomic mass is 16.3. The molecule has 0 saturated carbocycles. The monoisotopic (exact) mass is 392 g/mol. The van der Waals surface area contributed by atoms with E-state index in [1.807, 2.05) is 79.7 Å². The molecular weight excluding hydrogens is 372 g/mol. The third kappa shape index (κ3) is 4.47. The number of hydrogen-bond donors (Lipinski definition) is 1. The zero-order valence-corrected chi connectivity index (χ0v) is 16.5. The average Bonchev–Trinajstić information content (AvgIpc) is 2.78. The van der Waals surface area contributed by atoms with Gasteiger partial charge in [-0.05, 0) is 61.0 Å². The molecule has 0 atom stereocenters. The van der Waals surface area contributed by atoms with Gasteiger partial charge in [-0.15, -0.1) is 10.2 Å². The van der Waals surface area contributed by atoms with Crippen molar-refractivity contribution in [2.45, 2.75) is 6.92 Å². The van der Waals surface area contributed by atoms with E-state index in [-0.39, 0.29) is 5.75 Å². The SMILES string of the molecule is Cc1cccc(N=Nc2ccc(O)cc2)c1-c1ccccc1N=Nc1ccccc1. The van der Waals surface area contributed by atoms with E-state index >= 15 is 0 Å². The van der Waals surface area contributed by atoms with Crippen molar-refractivity contribution >= 4 is 22.7 Å². The highest BCUT2D eigenvalue weighted by Crippen LogP contribution is 2.40. The lowest BCUT2D eigenvalue weighted by Gasteiger charge is -2.11. The maximum absolute atomic E-state index is 9.44. The maximum atomic E-state index is 9.44. The van der Waals surface area contributed by atoms with Crippen LogP contribution in [0.25, 0.3) is 11.1 Å². The van der Waals surface area contributed by atoms with Crippen molar-refractivity contribution in [1.82, 2.24) is 0 Å². The molecule has 5 nitrogen and oxygen atoms in total. The van der Waals surface area contributed by atoms with E-state index in [0.717, 1.165) is 33.8 Å². The quantitative estimate of drug-likeness (QED) is 0.342. The Hall–Kier alpha value is -4.12. The molecule has 1 N–H and O–H groups in total. The molecule has 0 bridgehead atoms. The number of aryl methyl sites for hydroxylation is 1. The van der Waals surface area contributed by atoms with Crippen LogP contribution in [0.2, 0.25) is 0 Å². The highest BCUT2D eigenvalue weighted by molar-refractivity contribution is 5.85. The summed E-state index contributed by atoms with van der Waals surface area (Å²) in [7, 11) is 0. The molecule has 0 aliphatic rings. The summed E-state index contributed by atoms with van der Waals surface area (Å²) < 4.78 is 0. The molecule has 0 saturated heterocycles. The lowest BCUT2D eigenvalue weighted by Crippen LogP contribution is -1.85. The van der Waals surface area contributed by atoms with Gasteiger partial charge in [0.2, 0.25) is 0 Å². The zero-order chi connectivity index (χ0) is 20.8. The Balaban J connectivity index is 1.74. The van der Waals surface area contributed by atoms with Crippen LogP contribution in [0, 0.1) is 6.92 Å². The third-order valence-corrected chi connectivity index (χ3v) is 4.58. The molecule has 0 radical (unpaired) electrons. The zero-order valence-electron chi connectivity index (χ0n) is 16.5. The number of azo groups is 2. The van der Waals surface area contributed by atoms with Crippen LogP contribution in [0.3, 0.4) is 0 Å². The van der Waals surface area contributed by atoms with Crippen LogP contribution < -0.4 is 0 Å². The van der Waals surface area contributed by atoms with Crippen LogP contribution in [0.1, 0.15) is 5.56 Å². The fourth-order valence-corrected chi connectivity index (χ4v) is 3.10. The molecule has 0 aromatic heterocycles. The number of rotatable bonds is 5. The van der Waals surface area contributed by atoms with Crippen molar-refractivity contribution in [3.63, 3.8) is 0 Å². The summed E-state index contributed by atoms with van der Waals surface area (Å²) in [6.07, 6.45) is 0. The Bertz CT molecular complexity index is 1200. The lowest BCUT2D eigenvalue weighted by atomic mass is 9.97. The van der Waals surface area contributed by atoms with E-state index < -0.39 is 0 Å². The van der Waals surface area contributed by atoms with Gasteiger partial charge in [0.1, 0.15) is 5.75 Å². The van der Waals surface area contributed by atoms with Crippen LogP contribution in [0.5, 0.6) is 5.75 Å². The first-order valence-electron chi connectivity index (χ1n) is 9.57. The van der Waals surface area contributed by atoms with Gasteiger partial charge >= 0.3 is 0 Å². The molecule has 4 aromatic carbocycles. The van der Waals surface area contributed by atoms with Gasteiger partial charge in [0.15, 0.2) is 0 Å². The number of benzene rings is 4. The van der Waals surface area contributed by atoms with Gasteiger partial charge in [0.05, 0.1) is 22.7 Å². The number of nitrogens with zero attached hydrogens (tertiary/aromatic N) is 4. The van der Waals surface area contributed by atoms with Crippen LogP contribution in [-0.4, -0.2) is 5.11 Å². The predicted molar refractivity (Wildman–Crippen MR) is 120 cm³/mol. The molecule has 4 rings (SSSR count). The highest BCUT2D eigenvalue weighted by Gasteiger charge is 2.12. The van der Waals surface area contributed by atoms with E-state index in [9.17, 15) is 5.11 Å². The molecule has 30 heavy (non-hydrogen) atoms. The van der Waals surface area contributed by atoms with Crippen LogP contribution >= 0.6 is 0 Å². The van der Waals surface area contributed by atoms with Crippen molar-refractivity contribution in [3.05, 3.63) is 103 Å². The second-order valence-electron chi connectivity index (χ2n) is 6.74. The fourth-order valence-electron chi connectivity index (χ4n) is 3.10. The Kier molecular flexibility index (Phi) is 5.71. The van der Waals surface area contributed by atoms with Crippen molar-refractivity contribution in [3.8, 4) is 16.9 Å². The first-order chi connectivity index (χ1) is 14.7. The molecular formula is C25H20N4O. The number of phenolic OH excluding ortho intramolecular Hbond substituents is 1. The minimum absolute atomic E-state index is 0.197. The smallest absolute Gasteiger partial charge is 0.115 e. The maximum Gasteiger partial charge on any atom is 0.115 e. The molecule has 4 aromatic rings. The molecule has 5 heteroatoms. The summed E-state index contributed by atoms with van der Waals surface area (Å²) in [6, 6.07) is 30.1. The lowest BCUT2D eigenvalue weighted by molar-refractivity contribution is 0.475. The van der Waals surface area contributed by atoms with Gasteiger partial charge < -0.3 is 5.11 Å². The number of aromatic hydroxyl groups is 1. The molecule has 0 spiro atoms.